The number of carbonyl (C=O) groups is 1. The number of anilines is 1. The molecule has 1 aliphatic heterocycles. The highest BCUT2D eigenvalue weighted by molar-refractivity contribution is 5.87. The molecular formula is C19H21N3O3. The molecule has 6 heteroatoms. The van der Waals surface area contributed by atoms with Gasteiger partial charge in [-0.2, -0.15) is 0 Å². The summed E-state index contributed by atoms with van der Waals surface area (Å²) >= 11 is 0. The van der Waals surface area contributed by atoms with Crippen LogP contribution in [0.2, 0.25) is 0 Å². The minimum absolute atomic E-state index is 0.0572. The second-order valence-electron chi connectivity index (χ2n) is 6.49. The van der Waals surface area contributed by atoms with E-state index in [1.54, 1.807) is 13.0 Å². The molecule has 1 N–H and O–H groups in total. The number of carbonyl (C=O) groups excluding carboxylic acids is 1. The normalized spacial score (nSPS) is 17.0. The number of likely N-dealkylation sites (tertiary alicyclic amines) is 1. The van der Waals surface area contributed by atoms with Crippen molar-refractivity contribution in [3.8, 4) is 0 Å². The fourth-order valence-corrected chi connectivity index (χ4v) is 3.05. The number of hydrogen-bond donors (Lipinski definition) is 1. The summed E-state index contributed by atoms with van der Waals surface area (Å²) in [5, 5.41) is 14.1. The van der Waals surface area contributed by atoms with E-state index in [2.05, 4.69) is 5.32 Å². The van der Waals surface area contributed by atoms with Gasteiger partial charge >= 0.3 is 0 Å². The number of nitrogens with one attached hydrogen (secondary N) is 1. The summed E-state index contributed by atoms with van der Waals surface area (Å²) in [6, 6.07) is 12.5. The van der Waals surface area contributed by atoms with Crippen LogP contribution in [0.1, 0.15) is 23.1 Å². The molecule has 0 spiro atoms. The van der Waals surface area contributed by atoms with Crippen LogP contribution in [0.15, 0.2) is 42.5 Å². The minimum atomic E-state index is -0.416. The van der Waals surface area contributed by atoms with E-state index in [9.17, 15) is 14.9 Å². The average Bonchev–Trinajstić information content (AvgIpc) is 2.92. The Labute approximate surface area is 146 Å². The van der Waals surface area contributed by atoms with Crippen LogP contribution >= 0.6 is 0 Å². The number of nitro groups is 1. The van der Waals surface area contributed by atoms with Gasteiger partial charge in [0.25, 0.3) is 5.69 Å². The Morgan fingerprint density at radius 1 is 1.20 bits per heavy atom. The Kier molecular flexibility index (Phi) is 4.70. The maximum absolute atomic E-state index is 12.6. The van der Waals surface area contributed by atoms with Gasteiger partial charge in [-0.25, -0.2) is 0 Å². The first-order valence-electron chi connectivity index (χ1n) is 8.30. The topological polar surface area (TPSA) is 75.5 Å². The average molecular weight is 339 g/mol. The molecule has 0 saturated carbocycles. The Morgan fingerprint density at radius 3 is 2.56 bits per heavy atom. The van der Waals surface area contributed by atoms with Gasteiger partial charge in [-0.15, -0.1) is 0 Å². The highest BCUT2D eigenvalue weighted by Gasteiger charge is 2.31. The second kappa shape index (κ2) is 6.93. The lowest BCUT2D eigenvalue weighted by atomic mass is 10.1. The summed E-state index contributed by atoms with van der Waals surface area (Å²) in [6.45, 7) is 5.16. The number of rotatable bonds is 5. The van der Waals surface area contributed by atoms with Crippen molar-refractivity contribution >= 4 is 17.3 Å². The predicted octanol–water partition coefficient (Wildman–Crippen LogP) is 3.42. The molecule has 3 rings (SSSR count). The van der Waals surface area contributed by atoms with Crippen molar-refractivity contribution in [3.05, 3.63) is 69.3 Å². The fraction of sp³-hybridized carbons (Fsp3) is 0.316. The zero-order chi connectivity index (χ0) is 18.0. The summed E-state index contributed by atoms with van der Waals surface area (Å²) in [5.74, 6) is 0.0679. The molecule has 2 aromatic rings. The van der Waals surface area contributed by atoms with Crippen molar-refractivity contribution in [2.75, 3.05) is 11.9 Å². The van der Waals surface area contributed by atoms with Gasteiger partial charge in [0.15, 0.2) is 0 Å². The van der Waals surface area contributed by atoms with Gasteiger partial charge in [-0.05, 0) is 37.5 Å². The van der Waals surface area contributed by atoms with E-state index in [0.29, 0.717) is 13.1 Å². The van der Waals surface area contributed by atoms with Gasteiger partial charge < -0.3 is 10.2 Å². The van der Waals surface area contributed by atoms with Crippen molar-refractivity contribution in [2.45, 2.75) is 32.9 Å². The van der Waals surface area contributed by atoms with Crippen LogP contribution in [0.3, 0.4) is 0 Å². The van der Waals surface area contributed by atoms with Gasteiger partial charge in [-0.1, -0.05) is 29.8 Å². The molecule has 1 amide bonds. The molecule has 0 aliphatic carbocycles. The number of benzene rings is 2. The minimum Gasteiger partial charge on any atom is -0.373 e. The third-order valence-corrected chi connectivity index (χ3v) is 4.54. The lowest BCUT2D eigenvalue weighted by Gasteiger charge is -2.18. The monoisotopic (exact) mass is 339 g/mol. The Hall–Kier alpha value is -2.89. The first-order valence-corrected chi connectivity index (χ1v) is 8.30. The Bertz CT molecular complexity index is 802. The number of amides is 1. The van der Waals surface area contributed by atoms with Crippen molar-refractivity contribution in [3.63, 3.8) is 0 Å². The second-order valence-corrected chi connectivity index (χ2v) is 6.49. The smallest absolute Gasteiger partial charge is 0.269 e. The molecule has 25 heavy (non-hydrogen) atoms. The summed E-state index contributed by atoms with van der Waals surface area (Å²) in [4.78, 5) is 24.9. The standard InChI is InChI=1S/C19H21N3O3/c1-13-3-5-15(6-4-13)12-21-10-9-18(19(21)23)20-17-8-7-16(22(24)25)11-14(17)2/h3-8,11,18,20H,9-10,12H2,1-2H3. The molecule has 130 valence electrons. The van der Waals surface area contributed by atoms with E-state index in [1.807, 2.05) is 36.1 Å². The summed E-state index contributed by atoms with van der Waals surface area (Å²) < 4.78 is 0. The van der Waals surface area contributed by atoms with Crippen molar-refractivity contribution in [1.29, 1.82) is 0 Å². The SMILES string of the molecule is Cc1ccc(CN2CCC(Nc3ccc([N+](=O)[O-])cc3C)C2=O)cc1. The largest absolute Gasteiger partial charge is 0.373 e. The molecule has 1 saturated heterocycles. The molecule has 2 aromatic carbocycles. The molecular weight excluding hydrogens is 318 g/mol. The van der Waals surface area contributed by atoms with E-state index >= 15 is 0 Å². The van der Waals surface area contributed by atoms with Crippen LogP contribution < -0.4 is 5.32 Å². The Morgan fingerprint density at radius 2 is 1.92 bits per heavy atom. The van der Waals surface area contributed by atoms with Crippen LogP contribution in [-0.4, -0.2) is 28.3 Å². The molecule has 1 fully saturated rings. The summed E-state index contributed by atoms with van der Waals surface area (Å²) in [5.41, 5.74) is 3.90. The van der Waals surface area contributed by atoms with Crippen LogP contribution in [0.5, 0.6) is 0 Å². The molecule has 0 aromatic heterocycles. The predicted molar refractivity (Wildman–Crippen MR) is 96.5 cm³/mol. The molecule has 1 atom stereocenters. The maximum Gasteiger partial charge on any atom is 0.269 e. The van der Waals surface area contributed by atoms with Crippen LogP contribution in [0.25, 0.3) is 0 Å². The van der Waals surface area contributed by atoms with Gasteiger partial charge in [0.05, 0.1) is 4.92 Å². The van der Waals surface area contributed by atoms with Crippen molar-refractivity contribution < 1.29 is 9.72 Å². The highest BCUT2D eigenvalue weighted by atomic mass is 16.6. The van der Waals surface area contributed by atoms with Crippen LogP contribution in [-0.2, 0) is 11.3 Å². The van der Waals surface area contributed by atoms with Gasteiger partial charge in [0, 0.05) is 30.9 Å². The molecule has 0 radical (unpaired) electrons. The third-order valence-electron chi connectivity index (χ3n) is 4.54. The van der Waals surface area contributed by atoms with Crippen LogP contribution in [0, 0.1) is 24.0 Å². The quantitative estimate of drug-likeness (QED) is 0.669. The van der Waals surface area contributed by atoms with Crippen LogP contribution in [0.4, 0.5) is 11.4 Å². The lowest BCUT2D eigenvalue weighted by Crippen LogP contribution is -2.33. The zero-order valence-corrected chi connectivity index (χ0v) is 14.4. The fourth-order valence-electron chi connectivity index (χ4n) is 3.05. The molecule has 0 bridgehead atoms. The summed E-state index contributed by atoms with van der Waals surface area (Å²) in [7, 11) is 0. The number of non-ortho nitro benzene ring substituents is 1. The van der Waals surface area contributed by atoms with Crippen molar-refractivity contribution in [1.82, 2.24) is 4.90 Å². The third kappa shape index (κ3) is 3.79. The summed E-state index contributed by atoms with van der Waals surface area (Å²) in [6.07, 6.45) is 0.723. The van der Waals surface area contributed by atoms with Gasteiger partial charge in [0.2, 0.25) is 5.91 Å². The molecule has 1 heterocycles. The van der Waals surface area contributed by atoms with Crippen molar-refractivity contribution in [2.24, 2.45) is 0 Å². The molecule has 1 unspecified atom stereocenters. The van der Waals surface area contributed by atoms with E-state index in [4.69, 9.17) is 0 Å². The van der Waals surface area contributed by atoms with Gasteiger partial charge in [0.1, 0.15) is 6.04 Å². The van der Waals surface area contributed by atoms with E-state index < -0.39 is 4.92 Å². The van der Waals surface area contributed by atoms with E-state index in [1.165, 1.54) is 17.7 Å². The first-order chi connectivity index (χ1) is 11.9. The maximum atomic E-state index is 12.6. The number of nitrogens with zero attached hydrogens (tertiary/aromatic N) is 2. The van der Waals surface area contributed by atoms with Gasteiger partial charge in [-0.3, -0.25) is 14.9 Å². The Balaban J connectivity index is 1.66. The number of hydrogen-bond acceptors (Lipinski definition) is 4. The van der Waals surface area contributed by atoms with E-state index in [0.717, 1.165) is 23.2 Å². The van der Waals surface area contributed by atoms with E-state index in [-0.39, 0.29) is 17.6 Å². The first kappa shape index (κ1) is 17.0. The lowest BCUT2D eigenvalue weighted by molar-refractivity contribution is -0.384. The molecule has 6 nitrogen and oxygen atoms in total. The number of aryl methyl sites for hydroxylation is 2. The highest BCUT2D eigenvalue weighted by Crippen LogP contribution is 2.25. The number of nitro benzene ring substituents is 1. The molecule has 1 aliphatic rings. The zero-order valence-electron chi connectivity index (χ0n) is 14.4.